The zero-order chi connectivity index (χ0) is 20.8. The van der Waals surface area contributed by atoms with Crippen LogP contribution < -0.4 is 5.32 Å². The standard InChI is InChI=1S/C21H19ClN2O4S/c22-16-8-4-7-15(9-16)11-18-20(27)24(21(28)29-18)12-19(26)23-17(13-25)10-14-5-2-1-3-6-14/h1-9,11,17,25H,10,12-13H2,(H,23,26)/t17-/m1/s1. The highest BCUT2D eigenvalue weighted by atomic mass is 35.5. The zero-order valence-corrected chi connectivity index (χ0v) is 16.9. The van der Waals surface area contributed by atoms with Gasteiger partial charge in [0.05, 0.1) is 17.6 Å². The van der Waals surface area contributed by atoms with E-state index in [4.69, 9.17) is 11.6 Å². The van der Waals surface area contributed by atoms with E-state index < -0.39 is 29.6 Å². The van der Waals surface area contributed by atoms with Crippen LogP contribution in [0, 0.1) is 0 Å². The molecule has 2 N–H and O–H groups in total. The van der Waals surface area contributed by atoms with Crippen molar-refractivity contribution in [3.05, 3.63) is 75.7 Å². The van der Waals surface area contributed by atoms with Crippen LogP contribution >= 0.6 is 23.4 Å². The average Bonchev–Trinajstić information content (AvgIpc) is 2.95. The molecule has 150 valence electrons. The van der Waals surface area contributed by atoms with Gasteiger partial charge in [0.1, 0.15) is 6.54 Å². The van der Waals surface area contributed by atoms with Crippen LogP contribution in [0.5, 0.6) is 0 Å². The SMILES string of the molecule is O=C(CN1C(=O)SC(=Cc2cccc(Cl)c2)C1=O)N[C@@H](CO)Cc1ccccc1. The van der Waals surface area contributed by atoms with Gasteiger partial charge >= 0.3 is 0 Å². The largest absolute Gasteiger partial charge is 0.394 e. The number of nitrogens with zero attached hydrogens (tertiary/aromatic N) is 1. The highest BCUT2D eigenvalue weighted by Crippen LogP contribution is 2.32. The van der Waals surface area contributed by atoms with E-state index in [2.05, 4.69) is 5.32 Å². The number of carbonyl (C=O) groups excluding carboxylic acids is 3. The Hall–Kier alpha value is -2.61. The Morgan fingerprint density at radius 1 is 1.17 bits per heavy atom. The summed E-state index contributed by atoms with van der Waals surface area (Å²) in [6.07, 6.45) is 2.01. The molecule has 0 bridgehead atoms. The molecule has 2 aromatic rings. The molecular weight excluding hydrogens is 412 g/mol. The van der Waals surface area contributed by atoms with Crippen LogP contribution in [-0.4, -0.2) is 46.3 Å². The maximum atomic E-state index is 12.5. The van der Waals surface area contributed by atoms with Gasteiger partial charge in [-0.3, -0.25) is 19.3 Å². The fraction of sp³-hybridized carbons (Fsp3) is 0.190. The van der Waals surface area contributed by atoms with Gasteiger partial charge in [-0.1, -0.05) is 54.1 Å². The van der Waals surface area contributed by atoms with Crippen LogP contribution in [0.2, 0.25) is 5.02 Å². The number of hydrogen-bond donors (Lipinski definition) is 2. The average molecular weight is 431 g/mol. The lowest BCUT2D eigenvalue weighted by Gasteiger charge is -2.18. The van der Waals surface area contributed by atoms with Gasteiger partial charge in [-0.25, -0.2) is 0 Å². The Kier molecular flexibility index (Phi) is 7.09. The minimum absolute atomic E-state index is 0.230. The first-order valence-electron chi connectivity index (χ1n) is 8.91. The van der Waals surface area contributed by atoms with E-state index in [1.54, 1.807) is 30.3 Å². The van der Waals surface area contributed by atoms with E-state index in [1.807, 2.05) is 30.3 Å². The molecule has 29 heavy (non-hydrogen) atoms. The van der Waals surface area contributed by atoms with Gasteiger partial charge in [0.15, 0.2) is 0 Å². The molecule has 1 saturated heterocycles. The van der Waals surface area contributed by atoms with Gasteiger partial charge in [-0.05, 0) is 47.5 Å². The second-order valence-corrected chi connectivity index (χ2v) is 7.89. The van der Waals surface area contributed by atoms with Crippen LogP contribution in [-0.2, 0) is 16.0 Å². The number of nitrogens with one attached hydrogen (secondary N) is 1. The first kappa shape index (κ1) is 21.1. The van der Waals surface area contributed by atoms with Crippen molar-refractivity contribution in [2.24, 2.45) is 0 Å². The van der Waals surface area contributed by atoms with Gasteiger partial charge in [0.2, 0.25) is 5.91 Å². The van der Waals surface area contributed by atoms with Crippen LogP contribution in [0.3, 0.4) is 0 Å². The van der Waals surface area contributed by atoms with Gasteiger partial charge < -0.3 is 10.4 Å². The molecule has 3 rings (SSSR count). The molecule has 6 nitrogen and oxygen atoms in total. The minimum atomic E-state index is -0.529. The Balaban J connectivity index is 1.62. The monoisotopic (exact) mass is 430 g/mol. The number of carbonyl (C=O) groups is 3. The summed E-state index contributed by atoms with van der Waals surface area (Å²) in [6, 6.07) is 15.8. The first-order valence-corrected chi connectivity index (χ1v) is 10.1. The fourth-order valence-electron chi connectivity index (χ4n) is 2.86. The lowest BCUT2D eigenvalue weighted by atomic mass is 10.1. The highest BCUT2D eigenvalue weighted by molar-refractivity contribution is 8.18. The second kappa shape index (κ2) is 9.73. The first-order chi connectivity index (χ1) is 14.0. The lowest BCUT2D eigenvalue weighted by Crippen LogP contribution is -2.45. The van der Waals surface area contributed by atoms with E-state index >= 15 is 0 Å². The molecule has 0 radical (unpaired) electrons. The molecule has 1 fully saturated rings. The number of benzene rings is 2. The van der Waals surface area contributed by atoms with Crippen molar-refractivity contribution in [1.29, 1.82) is 0 Å². The third kappa shape index (κ3) is 5.69. The number of hydrogen-bond acceptors (Lipinski definition) is 5. The summed E-state index contributed by atoms with van der Waals surface area (Å²) in [5.74, 6) is -1.04. The zero-order valence-electron chi connectivity index (χ0n) is 15.4. The van der Waals surface area contributed by atoms with Crippen LogP contribution in [0.4, 0.5) is 4.79 Å². The molecule has 1 aliphatic rings. The smallest absolute Gasteiger partial charge is 0.294 e. The molecule has 0 spiro atoms. The molecule has 8 heteroatoms. The summed E-state index contributed by atoms with van der Waals surface area (Å²) in [7, 11) is 0. The van der Waals surface area contributed by atoms with E-state index in [1.165, 1.54) is 0 Å². The van der Waals surface area contributed by atoms with Crippen molar-refractivity contribution in [2.75, 3.05) is 13.2 Å². The molecule has 2 aromatic carbocycles. The summed E-state index contributed by atoms with van der Waals surface area (Å²) in [5, 5.41) is 12.2. The molecular formula is C21H19ClN2O4S. The van der Waals surface area contributed by atoms with Crippen molar-refractivity contribution in [3.8, 4) is 0 Å². The van der Waals surface area contributed by atoms with E-state index in [-0.39, 0.29) is 11.5 Å². The van der Waals surface area contributed by atoms with Crippen molar-refractivity contribution in [2.45, 2.75) is 12.5 Å². The van der Waals surface area contributed by atoms with Crippen LogP contribution in [0.1, 0.15) is 11.1 Å². The number of aliphatic hydroxyl groups is 1. The molecule has 0 aromatic heterocycles. The number of aliphatic hydroxyl groups excluding tert-OH is 1. The molecule has 1 atom stereocenters. The molecule has 1 aliphatic heterocycles. The number of amides is 3. The Morgan fingerprint density at radius 3 is 2.62 bits per heavy atom. The minimum Gasteiger partial charge on any atom is -0.394 e. The van der Waals surface area contributed by atoms with Crippen molar-refractivity contribution in [1.82, 2.24) is 10.2 Å². The van der Waals surface area contributed by atoms with Crippen molar-refractivity contribution in [3.63, 3.8) is 0 Å². The van der Waals surface area contributed by atoms with Crippen LogP contribution in [0.15, 0.2) is 59.5 Å². The van der Waals surface area contributed by atoms with Gasteiger partial charge in [0, 0.05) is 5.02 Å². The maximum Gasteiger partial charge on any atom is 0.294 e. The number of rotatable bonds is 7. The number of thioether (sulfide) groups is 1. The summed E-state index contributed by atoms with van der Waals surface area (Å²) in [4.78, 5) is 38.2. The Labute approximate surface area is 177 Å². The number of imide groups is 1. The van der Waals surface area contributed by atoms with Crippen molar-refractivity contribution < 1.29 is 19.5 Å². The Morgan fingerprint density at radius 2 is 1.93 bits per heavy atom. The molecule has 0 aliphatic carbocycles. The lowest BCUT2D eigenvalue weighted by molar-refractivity contribution is -0.129. The fourth-order valence-corrected chi connectivity index (χ4v) is 3.90. The number of halogens is 1. The predicted octanol–water partition coefficient (Wildman–Crippen LogP) is 3.10. The summed E-state index contributed by atoms with van der Waals surface area (Å²) in [5.41, 5.74) is 1.65. The topological polar surface area (TPSA) is 86.7 Å². The predicted molar refractivity (Wildman–Crippen MR) is 113 cm³/mol. The maximum absolute atomic E-state index is 12.5. The molecule has 0 unspecified atom stereocenters. The highest BCUT2D eigenvalue weighted by Gasteiger charge is 2.36. The normalized spacial score (nSPS) is 16.3. The van der Waals surface area contributed by atoms with Crippen LogP contribution in [0.25, 0.3) is 6.08 Å². The van der Waals surface area contributed by atoms with E-state index in [0.29, 0.717) is 17.0 Å². The van der Waals surface area contributed by atoms with Gasteiger partial charge in [0.25, 0.3) is 11.1 Å². The molecule has 0 saturated carbocycles. The quantitative estimate of drug-likeness (QED) is 0.659. The van der Waals surface area contributed by atoms with Crippen molar-refractivity contribution >= 4 is 46.5 Å². The summed E-state index contributed by atoms with van der Waals surface area (Å²) < 4.78 is 0. The third-order valence-electron chi connectivity index (χ3n) is 4.23. The molecule has 3 amide bonds. The van der Waals surface area contributed by atoms with E-state index in [0.717, 1.165) is 22.2 Å². The summed E-state index contributed by atoms with van der Waals surface area (Å²) in [6.45, 7) is -0.653. The Bertz CT molecular complexity index is 949. The van der Waals surface area contributed by atoms with Gasteiger partial charge in [-0.15, -0.1) is 0 Å². The third-order valence-corrected chi connectivity index (χ3v) is 5.37. The molecule has 1 heterocycles. The van der Waals surface area contributed by atoms with Gasteiger partial charge in [-0.2, -0.15) is 0 Å². The second-order valence-electron chi connectivity index (χ2n) is 6.46. The summed E-state index contributed by atoms with van der Waals surface area (Å²) >= 11 is 6.72. The van der Waals surface area contributed by atoms with E-state index in [9.17, 15) is 19.5 Å².